The zero-order valence-corrected chi connectivity index (χ0v) is 10.8. The van der Waals surface area contributed by atoms with E-state index >= 15 is 0 Å². The Morgan fingerprint density at radius 1 is 1.47 bits per heavy atom. The minimum atomic E-state index is -0.652. The van der Waals surface area contributed by atoms with Crippen molar-refractivity contribution in [2.45, 2.75) is 51.7 Å². The van der Waals surface area contributed by atoms with E-state index in [1.807, 2.05) is 6.92 Å². The Kier molecular flexibility index (Phi) is 3.73. The zero-order chi connectivity index (χ0) is 12.5. The fourth-order valence-corrected chi connectivity index (χ4v) is 2.67. The summed E-state index contributed by atoms with van der Waals surface area (Å²) < 4.78 is 10.9. The van der Waals surface area contributed by atoms with Crippen molar-refractivity contribution in [2.75, 3.05) is 13.2 Å². The van der Waals surface area contributed by atoms with E-state index in [0.29, 0.717) is 19.1 Å². The summed E-state index contributed by atoms with van der Waals surface area (Å²) in [5, 5.41) is 0. The lowest BCUT2D eigenvalue weighted by atomic mass is 9.85. The minimum Gasteiger partial charge on any atom is -0.462 e. The van der Waals surface area contributed by atoms with Gasteiger partial charge in [0.15, 0.2) is 0 Å². The topological polar surface area (TPSA) is 61.5 Å². The molecule has 0 aromatic carbocycles. The van der Waals surface area contributed by atoms with Crippen molar-refractivity contribution in [3.8, 4) is 0 Å². The first-order valence-electron chi connectivity index (χ1n) is 6.57. The maximum absolute atomic E-state index is 12.2. The number of hydrogen-bond donors (Lipinski definition) is 1. The number of carbonyl (C=O) groups is 1. The summed E-state index contributed by atoms with van der Waals surface area (Å²) in [5.41, 5.74) is 5.27. The highest BCUT2D eigenvalue weighted by Crippen LogP contribution is 2.32. The number of ether oxygens (including phenoxy) is 2. The van der Waals surface area contributed by atoms with Crippen LogP contribution in [-0.2, 0) is 14.3 Å². The van der Waals surface area contributed by atoms with Crippen LogP contribution in [0.25, 0.3) is 0 Å². The highest BCUT2D eigenvalue weighted by atomic mass is 16.6. The van der Waals surface area contributed by atoms with E-state index in [1.165, 1.54) is 6.42 Å². The molecule has 1 saturated carbocycles. The van der Waals surface area contributed by atoms with Gasteiger partial charge in [-0.3, -0.25) is 4.79 Å². The normalized spacial score (nSPS) is 42.4. The van der Waals surface area contributed by atoms with Crippen LogP contribution in [0, 0.1) is 11.3 Å². The number of rotatable bonds is 2. The fourth-order valence-electron chi connectivity index (χ4n) is 2.67. The van der Waals surface area contributed by atoms with Gasteiger partial charge < -0.3 is 15.2 Å². The van der Waals surface area contributed by atoms with Gasteiger partial charge in [-0.25, -0.2) is 0 Å². The third-order valence-electron chi connectivity index (χ3n) is 4.15. The Morgan fingerprint density at radius 3 is 2.82 bits per heavy atom. The number of hydrogen-bond acceptors (Lipinski definition) is 4. The van der Waals surface area contributed by atoms with Gasteiger partial charge in [0.2, 0.25) is 0 Å². The standard InChI is InChI=1S/C13H23NO3/c1-9-4-3-5-10(6-9)17-12(15)13(2)8-16-7-11(13)14/h9-11H,3-8,14H2,1-2H3. The fraction of sp³-hybridized carbons (Fsp3) is 0.923. The van der Waals surface area contributed by atoms with E-state index in [-0.39, 0.29) is 18.1 Å². The van der Waals surface area contributed by atoms with Gasteiger partial charge in [0.25, 0.3) is 0 Å². The molecule has 2 N–H and O–H groups in total. The minimum absolute atomic E-state index is 0.0795. The highest BCUT2D eigenvalue weighted by Gasteiger charge is 2.46. The molecule has 0 spiro atoms. The summed E-state index contributed by atoms with van der Waals surface area (Å²) in [6.45, 7) is 4.90. The second-order valence-electron chi connectivity index (χ2n) is 5.84. The number of esters is 1. The second-order valence-corrected chi connectivity index (χ2v) is 5.84. The van der Waals surface area contributed by atoms with Crippen molar-refractivity contribution in [3.05, 3.63) is 0 Å². The van der Waals surface area contributed by atoms with Crippen molar-refractivity contribution in [3.63, 3.8) is 0 Å². The Morgan fingerprint density at radius 2 is 2.24 bits per heavy atom. The van der Waals surface area contributed by atoms with E-state index in [1.54, 1.807) is 0 Å². The molecule has 0 radical (unpaired) electrons. The van der Waals surface area contributed by atoms with Crippen LogP contribution in [-0.4, -0.2) is 31.3 Å². The first-order chi connectivity index (χ1) is 8.02. The molecule has 4 atom stereocenters. The monoisotopic (exact) mass is 241 g/mol. The van der Waals surface area contributed by atoms with Gasteiger partial charge in [-0.1, -0.05) is 13.3 Å². The molecule has 1 saturated heterocycles. The molecular formula is C13H23NO3. The smallest absolute Gasteiger partial charge is 0.316 e. The van der Waals surface area contributed by atoms with E-state index in [0.717, 1.165) is 19.3 Å². The molecule has 1 aliphatic carbocycles. The average molecular weight is 241 g/mol. The molecule has 2 rings (SSSR count). The van der Waals surface area contributed by atoms with Gasteiger partial charge in [0.1, 0.15) is 11.5 Å². The molecule has 2 fully saturated rings. The SMILES string of the molecule is CC1CCCC(OC(=O)C2(C)COCC2N)C1. The molecule has 4 unspecified atom stereocenters. The van der Waals surface area contributed by atoms with E-state index in [2.05, 4.69) is 6.92 Å². The Hall–Kier alpha value is -0.610. The van der Waals surface area contributed by atoms with Crippen LogP contribution in [0.2, 0.25) is 0 Å². The lowest BCUT2D eigenvalue weighted by molar-refractivity contribution is -0.163. The molecule has 1 heterocycles. The van der Waals surface area contributed by atoms with Gasteiger partial charge in [-0.15, -0.1) is 0 Å². The quantitative estimate of drug-likeness (QED) is 0.744. The molecule has 0 aromatic heterocycles. The molecule has 0 amide bonds. The van der Waals surface area contributed by atoms with Gasteiger partial charge in [-0.2, -0.15) is 0 Å². The lowest BCUT2D eigenvalue weighted by Crippen LogP contribution is -2.46. The summed E-state index contributed by atoms with van der Waals surface area (Å²) in [5.74, 6) is 0.476. The predicted molar refractivity (Wildman–Crippen MR) is 64.4 cm³/mol. The molecule has 0 bridgehead atoms. The van der Waals surface area contributed by atoms with Crippen molar-refractivity contribution < 1.29 is 14.3 Å². The maximum Gasteiger partial charge on any atom is 0.316 e. The average Bonchev–Trinajstić information content (AvgIpc) is 2.60. The Balaban J connectivity index is 1.92. The van der Waals surface area contributed by atoms with Crippen molar-refractivity contribution in [2.24, 2.45) is 17.1 Å². The van der Waals surface area contributed by atoms with Crippen molar-refractivity contribution >= 4 is 5.97 Å². The zero-order valence-electron chi connectivity index (χ0n) is 10.8. The van der Waals surface area contributed by atoms with Crippen LogP contribution in [0.4, 0.5) is 0 Å². The van der Waals surface area contributed by atoms with Gasteiger partial charge >= 0.3 is 5.97 Å². The molecular weight excluding hydrogens is 218 g/mol. The number of carbonyl (C=O) groups excluding carboxylic acids is 1. The van der Waals surface area contributed by atoms with Crippen LogP contribution < -0.4 is 5.73 Å². The first kappa shape index (κ1) is 12.8. The van der Waals surface area contributed by atoms with Crippen LogP contribution in [0.1, 0.15) is 39.5 Å². The van der Waals surface area contributed by atoms with E-state index in [9.17, 15) is 4.79 Å². The Bertz CT molecular complexity index is 294. The summed E-state index contributed by atoms with van der Waals surface area (Å²) in [7, 11) is 0. The van der Waals surface area contributed by atoms with Crippen molar-refractivity contribution in [1.29, 1.82) is 0 Å². The molecule has 0 aromatic rings. The molecule has 98 valence electrons. The predicted octanol–water partition coefficient (Wildman–Crippen LogP) is 1.47. The summed E-state index contributed by atoms with van der Waals surface area (Å²) in [6, 6.07) is -0.240. The van der Waals surface area contributed by atoms with E-state index in [4.69, 9.17) is 15.2 Å². The Labute approximate surface area is 103 Å². The molecule has 4 heteroatoms. The highest BCUT2D eigenvalue weighted by molar-refractivity contribution is 5.78. The largest absolute Gasteiger partial charge is 0.462 e. The maximum atomic E-state index is 12.2. The van der Waals surface area contributed by atoms with Gasteiger partial charge in [0, 0.05) is 6.04 Å². The summed E-state index contributed by atoms with van der Waals surface area (Å²) >= 11 is 0. The van der Waals surface area contributed by atoms with Crippen LogP contribution in [0.15, 0.2) is 0 Å². The summed E-state index contributed by atoms with van der Waals surface area (Å²) in [4.78, 5) is 12.2. The number of nitrogens with two attached hydrogens (primary N) is 1. The van der Waals surface area contributed by atoms with Crippen LogP contribution in [0.5, 0.6) is 0 Å². The molecule has 17 heavy (non-hydrogen) atoms. The third-order valence-corrected chi connectivity index (χ3v) is 4.15. The van der Waals surface area contributed by atoms with E-state index < -0.39 is 5.41 Å². The van der Waals surface area contributed by atoms with Crippen molar-refractivity contribution in [1.82, 2.24) is 0 Å². The molecule has 4 nitrogen and oxygen atoms in total. The van der Waals surface area contributed by atoms with Crippen LogP contribution >= 0.6 is 0 Å². The lowest BCUT2D eigenvalue weighted by Gasteiger charge is -2.31. The van der Waals surface area contributed by atoms with Gasteiger partial charge in [-0.05, 0) is 32.1 Å². The third kappa shape index (κ3) is 2.63. The second kappa shape index (κ2) is 4.94. The first-order valence-corrected chi connectivity index (χ1v) is 6.57. The molecule has 1 aliphatic heterocycles. The van der Waals surface area contributed by atoms with Crippen LogP contribution in [0.3, 0.4) is 0 Å². The summed E-state index contributed by atoms with van der Waals surface area (Å²) in [6.07, 6.45) is 4.45. The van der Waals surface area contributed by atoms with Gasteiger partial charge in [0.05, 0.1) is 13.2 Å². The molecule has 2 aliphatic rings.